The number of hydrogen-bond acceptors (Lipinski definition) is 6. The minimum Gasteiger partial charge on any atom is -0.462 e. The van der Waals surface area contributed by atoms with Crippen molar-refractivity contribution in [1.82, 2.24) is 0 Å². The average molecular weight is 1030 g/mol. The molecule has 0 heterocycles. The molecule has 0 radical (unpaired) electrons. The summed E-state index contributed by atoms with van der Waals surface area (Å²) in [6, 6.07) is 0. The fraction of sp³-hybridized carbons (Fsp3) is 0.580. The zero-order valence-electron chi connectivity index (χ0n) is 48.0. The number of carbonyl (C=O) groups excluding carboxylic acids is 3. The van der Waals surface area contributed by atoms with Gasteiger partial charge in [-0.15, -0.1) is 0 Å². The molecule has 0 aromatic rings. The number of carbonyl (C=O) groups is 3. The summed E-state index contributed by atoms with van der Waals surface area (Å²) in [6.07, 6.45) is 89.7. The summed E-state index contributed by atoms with van der Waals surface area (Å²) in [7, 11) is 0. The Bertz CT molecular complexity index is 1710. The van der Waals surface area contributed by atoms with Crippen molar-refractivity contribution in [2.75, 3.05) is 13.2 Å². The molecule has 0 amide bonds. The van der Waals surface area contributed by atoms with Crippen LogP contribution in [0.3, 0.4) is 0 Å². The first-order valence-corrected chi connectivity index (χ1v) is 30.0. The molecule has 0 aromatic heterocycles. The van der Waals surface area contributed by atoms with Gasteiger partial charge in [-0.25, -0.2) is 0 Å². The molecule has 0 bridgehead atoms. The number of unbranched alkanes of at least 4 members (excludes halogenated alkanes) is 15. The van der Waals surface area contributed by atoms with Gasteiger partial charge in [0.25, 0.3) is 0 Å². The van der Waals surface area contributed by atoms with Gasteiger partial charge in [0.2, 0.25) is 0 Å². The van der Waals surface area contributed by atoms with Crippen molar-refractivity contribution < 1.29 is 28.6 Å². The van der Waals surface area contributed by atoms with Crippen molar-refractivity contribution in [3.63, 3.8) is 0 Å². The summed E-state index contributed by atoms with van der Waals surface area (Å²) < 4.78 is 16.8. The van der Waals surface area contributed by atoms with Gasteiger partial charge >= 0.3 is 17.9 Å². The van der Waals surface area contributed by atoms with E-state index in [1.54, 1.807) is 0 Å². The Kier molecular flexibility index (Phi) is 57.5. The fourth-order valence-corrected chi connectivity index (χ4v) is 7.49. The third kappa shape index (κ3) is 59.8. The summed E-state index contributed by atoms with van der Waals surface area (Å²) in [4.78, 5) is 38.1. The zero-order chi connectivity index (χ0) is 54.3. The molecule has 0 rings (SSSR count). The Labute approximate surface area is 460 Å². The maximum absolute atomic E-state index is 12.8. The monoisotopic (exact) mass is 1030 g/mol. The Morgan fingerprint density at radius 1 is 0.280 bits per heavy atom. The van der Waals surface area contributed by atoms with Crippen LogP contribution in [-0.2, 0) is 28.6 Å². The van der Waals surface area contributed by atoms with E-state index in [1.165, 1.54) is 32.1 Å². The topological polar surface area (TPSA) is 78.9 Å². The number of rotatable bonds is 52. The molecular formula is C69H108O6. The highest BCUT2D eigenvalue weighted by Crippen LogP contribution is 2.13. The van der Waals surface area contributed by atoms with Crippen molar-refractivity contribution in [1.29, 1.82) is 0 Å². The van der Waals surface area contributed by atoms with Gasteiger partial charge in [0, 0.05) is 19.3 Å². The van der Waals surface area contributed by atoms with Crippen LogP contribution in [0.4, 0.5) is 0 Å². The van der Waals surface area contributed by atoms with Crippen LogP contribution >= 0.6 is 0 Å². The summed E-state index contributed by atoms with van der Waals surface area (Å²) in [5.41, 5.74) is 0. The van der Waals surface area contributed by atoms with E-state index in [0.29, 0.717) is 25.7 Å². The highest BCUT2D eigenvalue weighted by atomic mass is 16.6. The highest BCUT2D eigenvalue weighted by Gasteiger charge is 2.19. The van der Waals surface area contributed by atoms with Crippen LogP contribution in [0.1, 0.15) is 239 Å². The number of hydrogen-bond donors (Lipinski definition) is 0. The van der Waals surface area contributed by atoms with Gasteiger partial charge in [0.05, 0.1) is 0 Å². The van der Waals surface area contributed by atoms with E-state index < -0.39 is 6.10 Å². The van der Waals surface area contributed by atoms with Crippen LogP contribution in [0, 0.1) is 0 Å². The molecule has 420 valence electrons. The lowest BCUT2D eigenvalue weighted by molar-refractivity contribution is -0.167. The van der Waals surface area contributed by atoms with E-state index in [2.05, 4.69) is 179 Å². The Morgan fingerprint density at radius 3 is 0.907 bits per heavy atom. The quantitative estimate of drug-likeness (QED) is 0.0261. The SMILES string of the molecule is CC/C=C\C/C=C\C/C=C\C/C=C\C/C=C\C/C=C\C/C=C\C/C=C\C/C=C\C/C=C\CCCCC(=O)OCC(COC(=O)CCCCCCC/C=C\CCCC)OC(=O)CCCCCCC/C=C\C/C=C\CCC. The second-order valence-corrected chi connectivity index (χ2v) is 19.2. The van der Waals surface area contributed by atoms with Gasteiger partial charge in [-0.05, 0) is 141 Å². The first kappa shape index (κ1) is 70.0. The predicted octanol–water partition coefficient (Wildman–Crippen LogP) is 20.5. The van der Waals surface area contributed by atoms with Gasteiger partial charge < -0.3 is 14.2 Å². The summed E-state index contributed by atoms with van der Waals surface area (Å²) in [5.74, 6) is -0.986. The summed E-state index contributed by atoms with van der Waals surface area (Å²) in [6.45, 7) is 6.34. The predicted molar refractivity (Wildman–Crippen MR) is 325 cm³/mol. The minimum atomic E-state index is -0.813. The minimum absolute atomic E-state index is 0.108. The molecule has 0 saturated carbocycles. The molecule has 0 aromatic carbocycles. The molecule has 0 aliphatic rings. The van der Waals surface area contributed by atoms with Gasteiger partial charge in [0.15, 0.2) is 6.10 Å². The standard InChI is InChI=1S/C69H108O6/c1-4-7-10-13-16-19-22-24-25-26-27-28-29-30-31-32-33-34-35-36-37-38-39-40-41-42-43-45-47-50-53-56-59-62-68(71)74-65-66(64-73-67(70)61-58-55-52-49-46-21-18-15-12-9-6-3)75-69(72)63-60-57-54-51-48-44-23-20-17-14-11-8-5-2/h7,10-11,14-16,18-20,23-25,27-28,30-31,33-34,36-37,39-40,42-43,47,50,66H,4-6,8-9,12-13,17,21-22,26,29,32,35,38,41,44-46,48-49,51-65H2,1-3H3/b10-7-,14-11-,18-15-,19-16-,23-20-,25-24-,28-27-,31-30-,34-33-,37-36-,40-39-,43-42-,50-47-. The highest BCUT2D eigenvalue weighted by molar-refractivity contribution is 5.71. The molecule has 1 atom stereocenters. The van der Waals surface area contributed by atoms with Gasteiger partial charge in [0.1, 0.15) is 13.2 Å². The summed E-state index contributed by atoms with van der Waals surface area (Å²) >= 11 is 0. The summed E-state index contributed by atoms with van der Waals surface area (Å²) in [5, 5.41) is 0. The van der Waals surface area contributed by atoms with E-state index in [1.807, 2.05) is 0 Å². The Morgan fingerprint density at radius 2 is 0.547 bits per heavy atom. The number of esters is 3. The van der Waals surface area contributed by atoms with Gasteiger partial charge in [-0.3, -0.25) is 14.4 Å². The molecule has 0 aliphatic carbocycles. The number of ether oxygens (including phenoxy) is 3. The molecule has 0 N–H and O–H groups in total. The smallest absolute Gasteiger partial charge is 0.306 e. The molecule has 0 spiro atoms. The lowest BCUT2D eigenvalue weighted by Crippen LogP contribution is -2.30. The first-order chi connectivity index (χ1) is 37.0. The zero-order valence-corrected chi connectivity index (χ0v) is 48.0. The molecule has 6 nitrogen and oxygen atoms in total. The van der Waals surface area contributed by atoms with Crippen LogP contribution in [0.5, 0.6) is 0 Å². The van der Waals surface area contributed by atoms with E-state index in [-0.39, 0.29) is 31.1 Å². The molecule has 6 heteroatoms. The molecule has 0 aliphatic heterocycles. The van der Waals surface area contributed by atoms with Crippen LogP contribution in [-0.4, -0.2) is 37.2 Å². The van der Waals surface area contributed by atoms with Crippen molar-refractivity contribution in [3.8, 4) is 0 Å². The number of allylic oxidation sites excluding steroid dienone is 26. The second kappa shape index (κ2) is 61.6. The van der Waals surface area contributed by atoms with Crippen LogP contribution in [0.2, 0.25) is 0 Å². The molecule has 1 unspecified atom stereocenters. The fourth-order valence-electron chi connectivity index (χ4n) is 7.49. The van der Waals surface area contributed by atoms with E-state index in [9.17, 15) is 14.4 Å². The lowest BCUT2D eigenvalue weighted by Gasteiger charge is -2.18. The molecule has 75 heavy (non-hydrogen) atoms. The van der Waals surface area contributed by atoms with Crippen molar-refractivity contribution in [3.05, 3.63) is 158 Å². The first-order valence-electron chi connectivity index (χ1n) is 30.0. The molecule has 0 fully saturated rings. The molecule has 0 saturated heterocycles. The van der Waals surface area contributed by atoms with Crippen molar-refractivity contribution in [2.24, 2.45) is 0 Å². The lowest BCUT2D eigenvalue weighted by atomic mass is 10.1. The van der Waals surface area contributed by atoms with E-state index in [4.69, 9.17) is 14.2 Å². The van der Waals surface area contributed by atoms with Gasteiger partial charge in [-0.2, -0.15) is 0 Å². The maximum atomic E-state index is 12.8. The van der Waals surface area contributed by atoms with E-state index >= 15 is 0 Å². The van der Waals surface area contributed by atoms with Crippen molar-refractivity contribution in [2.45, 2.75) is 245 Å². The third-order valence-electron chi connectivity index (χ3n) is 12.0. The van der Waals surface area contributed by atoms with Gasteiger partial charge in [-0.1, -0.05) is 237 Å². The molecular weight excluding hydrogens is 925 g/mol. The normalized spacial score (nSPS) is 13.3. The van der Waals surface area contributed by atoms with Crippen LogP contribution in [0.15, 0.2) is 158 Å². The van der Waals surface area contributed by atoms with E-state index in [0.717, 1.165) is 161 Å². The third-order valence-corrected chi connectivity index (χ3v) is 12.0. The maximum Gasteiger partial charge on any atom is 0.306 e. The second-order valence-electron chi connectivity index (χ2n) is 19.2. The Hall–Kier alpha value is -4.97. The van der Waals surface area contributed by atoms with Crippen LogP contribution < -0.4 is 0 Å². The van der Waals surface area contributed by atoms with Crippen molar-refractivity contribution >= 4 is 17.9 Å². The van der Waals surface area contributed by atoms with Crippen LogP contribution in [0.25, 0.3) is 0 Å². The Balaban J connectivity index is 4.35. The average Bonchev–Trinajstić information content (AvgIpc) is 3.41. The largest absolute Gasteiger partial charge is 0.462 e.